The van der Waals surface area contributed by atoms with Crippen molar-refractivity contribution in [3.8, 4) is 5.75 Å². The molecule has 1 fully saturated rings. The fraction of sp³-hybridized carbons (Fsp3) is 0.278. The Morgan fingerprint density at radius 1 is 1.22 bits per heavy atom. The zero-order valence-corrected chi connectivity index (χ0v) is 15.8. The molecule has 142 valence electrons. The summed E-state index contributed by atoms with van der Waals surface area (Å²) >= 11 is 7.18. The number of hydrogen-bond acceptors (Lipinski definition) is 5. The lowest BCUT2D eigenvalue weighted by Crippen LogP contribution is -2.50. The van der Waals surface area contributed by atoms with Crippen molar-refractivity contribution in [3.63, 3.8) is 0 Å². The van der Waals surface area contributed by atoms with Crippen molar-refractivity contribution < 1.29 is 19.5 Å². The third-order valence-corrected chi connectivity index (χ3v) is 5.41. The fourth-order valence-corrected chi connectivity index (χ4v) is 3.77. The van der Waals surface area contributed by atoms with Gasteiger partial charge in [-0.15, -0.1) is 11.3 Å². The van der Waals surface area contributed by atoms with Gasteiger partial charge in [-0.1, -0.05) is 17.7 Å². The lowest BCUT2D eigenvalue weighted by Gasteiger charge is -2.31. The third kappa shape index (κ3) is 4.58. The van der Waals surface area contributed by atoms with Crippen molar-refractivity contribution in [2.24, 2.45) is 5.92 Å². The molecule has 2 heterocycles. The standard InChI is InChI=1S/C18H18ClN3O4S/c19-12-5-6-14(23)13(9-12)17(25)21-20-16(24)11-3-1-7-22(10-11)18(26)15-4-2-8-27-15/h2,4-6,8-9,11,23H,1,3,7,10H2,(H,20,24)(H,21,25). The van der Waals surface area contributed by atoms with E-state index in [-0.39, 0.29) is 23.1 Å². The van der Waals surface area contributed by atoms with Gasteiger partial charge >= 0.3 is 0 Å². The molecule has 1 unspecified atom stereocenters. The molecule has 1 atom stereocenters. The number of piperidine rings is 1. The molecule has 1 aliphatic heterocycles. The molecule has 0 aliphatic carbocycles. The molecular weight excluding hydrogens is 390 g/mol. The maximum absolute atomic E-state index is 12.4. The van der Waals surface area contributed by atoms with Crippen LogP contribution in [0.4, 0.5) is 0 Å². The number of amides is 3. The third-order valence-electron chi connectivity index (χ3n) is 4.31. The minimum atomic E-state index is -0.675. The zero-order chi connectivity index (χ0) is 19.4. The highest BCUT2D eigenvalue weighted by molar-refractivity contribution is 7.12. The summed E-state index contributed by atoms with van der Waals surface area (Å²) in [6, 6.07) is 7.63. The Hall–Kier alpha value is -2.58. The monoisotopic (exact) mass is 407 g/mol. The molecule has 7 nitrogen and oxygen atoms in total. The molecule has 0 radical (unpaired) electrons. The first-order valence-electron chi connectivity index (χ1n) is 8.37. The molecule has 0 bridgehead atoms. The van der Waals surface area contributed by atoms with E-state index in [0.717, 1.165) is 0 Å². The van der Waals surface area contributed by atoms with E-state index in [1.165, 1.54) is 29.5 Å². The number of carbonyl (C=O) groups is 3. The second kappa shape index (κ2) is 8.41. The van der Waals surface area contributed by atoms with Crippen LogP contribution in [0.2, 0.25) is 5.02 Å². The number of carbonyl (C=O) groups excluding carboxylic acids is 3. The average Bonchev–Trinajstić information content (AvgIpc) is 3.22. The minimum absolute atomic E-state index is 0.0408. The van der Waals surface area contributed by atoms with Crippen molar-refractivity contribution in [3.05, 3.63) is 51.2 Å². The molecule has 2 aromatic rings. The van der Waals surface area contributed by atoms with Gasteiger partial charge in [-0.05, 0) is 42.5 Å². The smallest absolute Gasteiger partial charge is 0.273 e. The second-order valence-electron chi connectivity index (χ2n) is 6.17. The molecular formula is C18H18ClN3O4S. The Labute approximate surface area is 164 Å². The predicted octanol–water partition coefficient (Wildman–Crippen LogP) is 2.42. The van der Waals surface area contributed by atoms with Gasteiger partial charge in [-0.25, -0.2) is 0 Å². The minimum Gasteiger partial charge on any atom is -0.507 e. The Bertz CT molecular complexity index is 856. The van der Waals surface area contributed by atoms with Gasteiger partial charge in [0.25, 0.3) is 11.8 Å². The highest BCUT2D eigenvalue weighted by Gasteiger charge is 2.29. The van der Waals surface area contributed by atoms with Crippen LogP contribution in [0.5, 0.6) is 5.75 Å². The van der Waals surface area contributed by atoms with Crippen LogP contribution >= 0.6 is 22.9 Å². The average molecular weight is 408 g/mol. The highest BCUT2D eigenvalue weighted by atomic mass is 35.5. The molecule has 1 saturated heterocycles. The fourth-order valence-electron chi connectivity index (χ4n) is 2.91. The first-order chi connectivity index (χ1) is 13.0. The Balaban J connectivity index is 1.57. The number of rotatable bonds is 3. The van der Waals surface area contributed by atoms with Crippen molar-refractivity contribution in [1.29, 1.82) is 0 Å². The molecule has 9 heteroatoms. The lowest BCUT2D eigenvalue weighted by atomic mass is 9.97. The van der Waals surface area contributed by atoms with Gasteiger partial charge in [0.1, 0.15) is 5.75 Å². The van der Waals surface area contributed by atoms with E-state index in [0.29, 0.717) is 35.8 Å². The van der Waals surface area contributed by atoms with Crippen molar-refractivity contribution in [2.75, 3.05) is 13.1 Å². The summed E-state index contributed by atoms with van der Waals surface area (Å²) in [6.45, 7) is 0.893. The van der Waals surface area contributed by atoms with Gasteiger partial charge in [-0.2, -0.15) is 0 Å². The number of phenols is 1. The van der Waals surface area contributed by atoms with E-state index in [4.69, 9.17) is 11.6 Å². The van der Waals surface area contributed by atoms with Crippen LogP contribution in [-0.2, 0) is 4.79 Å². The highest BCUT2D eigenvalue weighted by Crippen LogP contribution is 2.22. The van der Waals surface area contributed by atoms with Crippen LogP contribution in [0.25, 0.3) is 0 Å². The number of phenolic OH excluding ortho intramolecular Hbond substituents is 1. The number of aromatic hydroxyl groups is 1. The maximum atomic E-state index is 12.4. The Morgan fingerprint density at radius 2 is 2.04 bits per heavy atom. The van der Waals surface area contributed by atoms with Crippen LogP contribution < -0.4 is 10.9 Å². The van der Waals surface area contributed by atoms with Gasteiger partial charge in [0, 0.05) is 18.1 Å². The predicted molar refractivity (Wildman–Crippen MR) is 102 cm³/mol. The zero-order valence-electron chi connectivity index (χ0n) is 14.3. The summed E-state index contributed by atoms with van der Waals surface area (Å²) in [5.74, 6) is -1.80. The van der Waals surface area contributed by atoms with Crippen LogP contribution in [0.1, 0.15) is 32.9 Å². The molecule has 1 aromatic heterocycles. The first kappa shape index (κ1) is 19.2. The van der Waals surface area contributed by atoms with E-state index in [9.17, 15) is 19.5 Å². The van der Waals surface area contributed by atoms with E-state index >= 15 is 0 Å². The topological polar surface area (TPSA) is 98.7 Å². The number of halogens is 1. The number of likely N-dealkylation sites (tertiary alicyclic amines) is 1. The molecule has 27 heavy (non-hydrogen) atoms. The normalized spacial score (nSPS) is 16.6. The maximum Gasteiger partial charge on any atom is 0.273 e. The van der Waals surface area contributed by atoms with Gasteiger partial charge < -0.3 is 10.0 Å². The van der Waals surface area contributed by atoms with Crippen LogP contribution in [-0.4, -0.2) is 40.8 Å². The summed E-state index contributed by atoms with van der Waals surface area (Å²) < 4.78 is 0. The number of hydrogen-bond donors (Lipinski definition) is 3. The van der Waals surface area contributed by atoms with E-state index in [1.807, 2.05) is 11.4 Å². The molecule has 3 N–H and O–H groups in total. The summed E-state index contributed by atoms with van der Waals surface area (Å²) in [5, 5.41) is 11.9. The molecule has 0 spiro atoms. The number of thiophene rings is 1. The number of hydrazine groups is 1. The number of nitrogens with zero attached hydrogens (tertiary/aromatic N) is 1. The molecule has 1 aliphatic rings. The van der Waals surface area contributed by atoms with E-state index < -0.39 is 11.8 Å². The van der Waals surface area contributed by atoms with Gasteiger partial charge in [0.2, 0.25) is 5.91 Å². The Morgan fingerprint density at radius 3 is 2.78 bits per heavy atom. The largest absolute Gasteiger partial charge is 0.507 e. The van der Waals surface area contributed by atoms with Gasteiger partial charge in [-0.3, -0.25) is 25.2 Å². The van der Waals surface area contributed by atoms with Gasteiger partial charge in [0.15, 0.2) is 0 Å². The van der Waals surface area contributed by atoms with Gasteiger partial charge in [0.05, 0.1) is 16.4 Å². The van der Waals surface area contributed by atoms with Crippen molar-refractivity contribution in [1.82, 2.24) is 15.8 Å². The second-order valence-corrected chi connectivity index (χ2v) is 7.56. The summed E-state index contributed by atoms with van der Waals surface area (Å²) in [4.78, 5) is 39.3. The Kier molecular flexibility index (Phi) is 5.98. The first-order valence-corrected chi connectivity index (χ1v) is 9.63. The van der Waals surface area contributed by atoms with Crippen LogP contribution in [0.3, 0.4) is 0 Å². The van der Waals surface area contributed by atoms with Crippen molar-refractivity contribution >= 4 is 40.7 Å². The van der Waals surface area contributed by atoms with Crippen LogP contribution in [0.15, 0.2) is 35.7 Å². The summed E-state index contributed by atoms with van der Waals surface area (Å²) in [5.41, 5.74) is 4.60. The quantitative estimate of drug-likeness (QED) is 0.680. The molecule has 3 rings (SSSR count). The summed E-state index contributed by atoms with van der Waals surface area (Å²) in [6.07, 6.45) is 1.33. The molecule has 3 amide bonds. The van der Waals surface area contributed by atoms with Crippen LogP contribution in [0, 0.1) is 5.92 Å². The number of nitrogens with one attached hydrogen (secondary N) is 2. The molecule has 0 saturated carbocycles. The molecule has 1 aromatic carbocycles. The lowest BCUT2D eigenvalue weighted by molar-refractivity contribution is -0.127. The van der Waals surface area contributed by atoms with E-state index in [2.05, 4.69) is 10.9 Å². The SMILES string of the molecule is O=C(NNC(=O)C1CCCN(C(=O)c2cccs2)C1)c1cc(Cl)ccc1O. The number of benzene rings is 1. The van der Waals surface area contributed by atoms with Crippen molar-refractivity contribution in [2.45, 2.75) is 12.8 Å². The summed E-state index contributed by atoms with van der Waals surface area (Å²) in [7, 11) is 0. The van der Waals surface area contributed by atoms with E-state index in [1.54, 1.807) is 11.0 Å².